The van der Waals surface area contributed by atoms with Crippen LogP contribution in [-0.4, -0.2) is 4.98 Å². The van der Waals surface area contributed by atoms with Crippen molar-refractivity contribution >= 4 is 21.8 Å². The summed E-state index contributed by atoms with van der Waals surface area (Å²) in [7, 11) is 0. The Balaban J connectivity index is 1.87. The smallest absolute Gasteiger partial charge is 0.416 e. The number of nitrogens with one attached hydrogen (secondary N) is 1. The van der Waals surface area contributed by atoms with Gasteiger partial charge in [0.2, 0.25) is 11.6 Å². The van der Waals surface area contributed by atoms with Crippen LogP contribution in [0, 0.1) is 11.3 Å². The maximum absolute atomic E-state index is 12.9. The predicted octanol–water partition coefficient (Wildman–Crippen LogP) is 5.76. The van der Waals surface area contributed by atoms with Crippen LogP contribution in [0.4, 0.5) is 19.1 Å². The van der Waals surface area contributed by atoms with Crippen molar-refractivity contribution < 1.29 is 22.0 Å². The minimum absolute atomic E-state index is 0.0219. The van der Waals surface area contributed by atoms with E-state index in [4.69, 9.17) is 8.83 Å². The molecular weight excluding hydrogens is 415 g/mol. The quantitative estimate of drug-likeness (QED) is 0.574. The molecule has 134 valence electrons. The highest BCUT2D eigenvalue weighted by molar-refractivity contribution is 9.10. The highest BCUT2D eigenvalue weighted by Gasteiger charge is 2.31. The van der Waals surface area contributed by atoms with Gasteiger partial charge in [-0.1, -0.05) is 12.1 Å². The summed E-state index contributed by atoms with van der Waals surface area (Å²) in [6.07, 6.45) is -4.43. The number of aromatic nitrogens is 1. The molecule has 0 spiro atoms. The molecule has 0 radical (unpaired) electrons. The van der Waals surface area contributed by atoms with Gasteiger partial charge in [-0.3, -0.25) is 0 Å². The Kier molecular flexibility index (Phi) is 4.78. The Labute approximate surface area is 154 Å². The van der Waals surface area contributed by atoms with Crippen LogP contribution in [0.1, 0.15) is 29.8 Å². The van der Waals surface area contributed by atoms with Crippen molar-refractivity contribution in [3.8, 4) is 17.7 Å². The highest BCUT2D eigenvalue weighted by atomic mass is 79.9. The van der Waals surface area contributed by atoms with E-state index in [1.165, 1.54) is 6.07 Å². The fourth-order valence-corrected chi connectivity index (χ4v) is 2.60. The first-order chi connectivity index (χ1) is 12.3. The van der Waals surface area contributed by atoms with Crippen molar-refractivity contribution in [2.75, 3.05) is 5.32 Å². The molecule has 1 aromatic carbocycles. The molecule has 0 bridgehead atoms. The number of furan rings is 1. The van der Waals surface area contributed by atoms with E-state index < -0.39 is 17.8 Å². The van der Waals surface area contributed by atoms with Crippen LogP contribution in [0.2, 0.25) is 0 Å². The number of hydrogen-bond acceptors (Lipinski definition) is 5. The van der Waals surface area contributed by atoms with Crippen molar-refractivity contribution in [2.45, 2.75) is 19.1 Å². The van der Waals surface area contributed by atoms with Gasteiger partial charge in [-0.05, 0) is 52.7 Å². The molecule has 0 amide bonds. The van der Waals surface area contributed by atoms with Crippen molar-refractivity contribution in [1.29, 1.82) is 5.26 Å². The zero-order valence-corrected chi connectivity index (χ0v) is 14.9. The Bertz CT molecular complexity index is 972. The van der Waals surface area contributed by atoms with E-state index in [9.17, 15) is 18.4 Å². The molecule has 0 unspecified atom stereocenters. The standard InChI is InChI=1S/C17H11BrF3N3O2/c1-9(10-3-2-4-11(7-10)17(19,20)21)23-15-12(8-22)24-16(26-15)13-5-6-14(18)25-13/h2-7,9,23H,1H3/t9-/m1/s1. The molecule has 0 aliphatic carbocycles. The van der Waals surface area contributed by atoms with Gasteiger partial charge in [0.15, 0.2) is 10.4 Å². The minimum atomic E-state index is -4.43. The van der Waals surface area contributed by atoms with Crippen LogP contribution < -0.4 is 5.32 Å². The van der Waals surface area contributed by atoms with Crippen LogP contribution in [0.5, 0.6) is 0 Å². The Hall–Kier alpha value is -2.73. The summed E-state index contributed by atoms with van der Waals surface area (Å²) < 4.78 is 49.9. The van der Waals surface area contributed by atoms with E-state index in [-0.39, 0.29) is 17.5 Å². The molecule has 3 aromatic rings. The number of alkyl halides is 3. The second-order valence-corrected chi connectivity index (χ2v) is 6.18. The van der Waals surface area contributed by atoms with Gasteiger partial charge in [-0.25, -0.2) is 0 Å². The molecule has 2 aromatic heterocycles. The number of benzene rings is 1. The lowest BCUT2D eigenvalue weighted by Gasteiger charge is -2.15. The molecule has 3 rings (SSSR count). The summed E-state index contributed by atoms with van der Waals surface area (Å²) in [6.45, 7) is 1.66. The highest BCUT2D eigenvalue weighted by Crippen LogP contribution is 2.33. The topological polar surface area (TPSA) is 75.0 Å². The molecule has 1 N–H and O–H groups in total. The number of nitriles is 1. The Morgan fingerprint density at radius 3 is 2.62 bits per heavy atom. The summed E-state index contributed by atoms with van der Waals surface area (Å²) >= 11 is 3.16. The zero-order chi connectivity index (χ0) is 18.9. The van der Waals surface area contributed by atoms with Crippen molar-refractivity contribution in [3.63, 3.8) is 0 Å². The third-order valence-corrected chi connectivity index (χ3v) is 4.00. The monoisotopic (exact) mass is 425 g/mol. The van der Waals surface area contributed by atoms with E-state index in [1.54, 1.807) is 25.1 Å². The van der Waals surface area contributed by atoms with E-state index in [1.807, 2.05) is 6.07 Å². The van der Waals surface area contributed by atoms with Crippen molar-refractivity contribution in [2.24, 2.45) is 0 Å². The van der Waals surface area contributed by atoms with Gasteiger partial charge in [0.05, 0.1) is 11.6 Å². The van der Waals surface area contributed by atoms with Gasteiger partial charge < -0.3 is 14.2 Å². The molecular formula is C17H11BrF3N3O2. The summed E-state index contributed by atoms with van der Waals surface area (Å²) in [5, 5.41) is 12.1. The van der Waals surface area contributed by atoms with Gasteiger partial charge in [0.1, 0.15) is 6.07 Å². The SMILES string of the molecule is C[C@@H](Nc1oc(-c2ccc(Br)o2)nc1C#N)c1cccc(C(F)(F)F)c1. The first-order valence-corrected chi connectivity index (χ1v) is 8.17. The van der Waals surface area contributed by atoms with Crippen molar-refractivity contribution in [3.05, 3.63) is 57.9 Å². The minimum Gasteiger partial charge on any atom is -0.444 e. The third-order valence-electron chi connectivity index (χ3n) is 3.58. The predicted molar refractivity (Wildman–Crippen MR) is 90.1 cm³/mol. The van der Waals surface area contributed by atoms with Gasteiger partial charge in [0, 0.05) is 0 Å². The number of hydrogen-bond donors (Lipinski definition) is 1. The molecule has 0 fully saturated rings. The average Bonchev–Trinajstić information content (AvgIpc) is 3.20. The molecule has 9 heteroatoms. The number of rotatable bonds is 4. The van der Waals surface area contributed by atoms with Gasteiger partial charge in [0.25, 0.3) is 5.89 Å². The number of oxazole rings is 1. The van der Waals surface area contributed by atoms with Crippen LogP contribution in [0.15, 0.2) is 49.9 Å². The van der Waals surface area contributed by atoms with Crippen LogP contribution >= 0.6 is 15.9 Å². The van der Waals surface area contributed by atoms with E-state index in [2.05, 4.69) is 26.2 Å². The Morgan fingerprint density at radius 2 is 2.00 bits per heavy atom. The summed E-state index contributed by atoms with van der Waals surface area (Å²) in [6, 6.07) is 9.51. The van der Waals surface area contributed by atoms with Crippen LogP contribution in [-0.2, 0) is 6.18 Å². The molecule has 5 nitrogen and oxygen atoms in total. The molecule has 0 aliphatic rings. The second-order valence-electron chi connectivity index (χ2n) is 5.40. The zero-order valence-electron chi connectivity index (χ0n) is 13.3. The van der Waals surface area contributed by atoms with Gasteiger partial charge in [-0.2, -0.15) is 23.4 Å². The van der Waals surface area contributed by atoms with Gasteiger partial charge >= 0.3 is 6.18 Å². The molecule has 2 heterocycles. The fraction of sp³-hybridized carbons (Fsp3) is 0.176. The van der Waals surface area contributed by atoms with E-state index >= 15 is 0 Å². The molecule has 0 saturated heterocycles. The first-order valence-electron chi connectivity index (χ1n) is 7.38. The number of halogens is 4. The van der Waals surface area contributed by atoms with E-state index in [0.717, 1.165) is 12.1 Å². The molecule has 0 aliphatic heterocycles. The Morgan fingerprint density at radius 1 is 1.23 bits per heavy atom. The second kappa shape index (κ2) is 6.88. The lowest BCUT2D eigenvalue weighted by molar-refractivity contribution is -0.137. The van der Waals surface area contributed by atoms with Gasteiger partial charge in [-0.15, -0.1) is 0 Å². The fourth-order valence-electron chi connectivity index (χ4n) is 2.29. The third kappa shape index (κ3) is 3.75. The van der Waals surface area contributed by atoms with Crippen molar-refractivity contribution in [1.82, 2.24) is 4.98 Å². The summed E-state index contributed by atoms with van der Waals surface area (Å²) in [4.78, 5) is 4.03. The maximum Gasteiger partial charge on any atom is 0.416 e. The first kappa shape index (κ1) is 18.1. The maximum atomic E-state index is 12.9. The lowest BCUT2D eigenvalue weighted by atomic mass is 10.0. The van der Waals surface area contributed by atoms with E-state index in [0.29, 0.717) is 16.0 Å². The van der Waals surface area contributed by atoms with Crippen LogP contribution in [0.3, 0.4) is 0 Å². The van der Waals surface area contributed by atoms with Crippen LogP contribution in [0.25, 0.3) is 11.7 Å². The number of nitrogens with zero attached hydrogens (tertiary/aromatic N) is 2. The summed E-state index contributed by atoms with van der Waals surface area (Å²) in [5.41, 5.74) is -0.378. The molecule has 1 atom stereocenters. The normalized spacial score (nSPS) is 12.6. The summed E-state index contributed by atoms with van der Waals surface area (Å²) in [5.74, 6) is 0.457. The number of anilines is 1. The molecule has 0 saturated carbocycles. The largest absolute Gasteiger partial charge is 0.444 e. The molecule has 26 heavy (non-hydrogen) atoms. The lowest BCUT2D eigenvalue weighted by Crippen LogP contribution is -2.10. The average molecular weight is 426 g/mol.